The van der Waals surface area contributed by atoms with E-state index in [-0.39, 0.29) is 6.04 Å². The summed E-state index contributed by atoms with van der Waals surface area (Å²) in [6.07, 6.45) is 3.54. The predicted octanol–water partition coefficient (Wildman–Crippen LogP) is 3.29. The lowest BCUT2D eigenvalue weighted by atomic mass is 10.0. The van der Waals surface area contributed by atoms with Gasteiger partial charge in [-0.3, -0.25) is 0 Å². The Morgan fingerprint density at radius 2 is 2.31 bits per heavy atom. The van der Waals surface area contributed by atoms with E-state index < -0.39 is 0 Å². The highest BCUT2D eigenvalue weighted by Crippen LogP contribution is 2.24. The van der Waals surface area contributed by atoms with Crippen LogP contribution in [0.1, 0.15) is 18.9 Å². The van der Waals surface area contributed by atoms with Crippen molar-refractivity contribution in [1.29, 1.82) is 0 Å². The fraction of sp³-hybridized carbons (Fsp3) is 0.385. The molecule has 0 amide bonds. The fourth-order valence-corrected chi connectivity index (χ4v) is 1.83. The van der Waals surface area contributed by atoms with Gasteiger partial charge in [0.25, 0.3) is 0 Å². The highest BCUT2D eigenvalue weighted by Gasteiger charge is 2.08. The molecule has 16 heavy (non-hydrogen) atoms. The standard InChI is InChI=1S/C13H18BrNO/c1-3-7-16-13-6-5-11(14)8-10(13)9-12(15)4-2/h3,5-6,8,12H,1,4,7,9,15H2,2H3. The molecule has 0 aliphatic heterocycles. The first-order valence-corrected chi connectivity index (χ1v) is 6.24. The van der Waals surface area contributed by atoms with Crippen molar-refractivity contribution in [2.75, 3.05) is 6.61 Å². The number of nitrogens with two attached hydrogens (primary N) is 1. The molecule has 0 aliphatic rings. The summed E-state index contributed by atoms with van der Waals surface area (Å²) in [4.78, 5) is 0. The van der Waals surface area contributed by atoms with Gasteiger partial charge >= 0.3 is 0 Å². The largest absolute Gasteiger partial charge is 0.489 e. The Bertz CT molecular complexity index is 352. The van der Waals surface area contributed by atoms with Crippen molar-refractivity contribution in [1.82, 2.24) is 0 Å². The molecule has 0 aromatic heterocycles. The molecule has 1 unspecified atom stereocenters. The summed E-state index contributed by atoms with van der Waals surface area (Å²) in [7, 11) is 0. The minimum absolute atomic E-state index is 0.181. The molecule has 2 N–H and O–H groups in total. The van der Waals surface area contributed by atoms with Crippen LogP contribution in [0.2, 0.25) is 0 Å². The lowest BCUT2D eigenvalue weighted by Crippen LogP contribution is -2.21. The van der Waals surface area contributed by atoms with Gasteiger partial charge < -0.3 is 10.5 Å². The summed E-state index contributed by atoms with van der Waals surface area (Å²) < 4.78 is 6.64. The van der Waals surface area contributed by atoms with Gasteiger partial charge in [-0.2, -0.15) is 0 Å². The Balaban J connectivity index is 2.84. The van der Waals surface area contributed by atoms with E-state index in [4.69, 9.17) is 10.5 Å². The maximum Gasteiger partial charge on any atom is 0.123 e. The van der Waals surface area contributed by atoms with Crippen molar-refractivity contribution in [2.45, 2.75) is 25.8 Å². The first kappa shape index (κ1) is 13.3. The van der Waals surface area contributed by atoms with E-state index in [0.717, 1.165) is 28.6 Å². The maximum absolute atomic E-state index is 5.96. The first-order valence-electron chi connectivity index (χ1n) is 5.45. The van der Waals surface area contributed by atoms with Crippen molar-refractivity contribution >= 4 is 15.9 Å². The van der Waals surface area contributed by atoms with Crippen molar-refractivity contribution in [3.63, 3.8) is 0 Å². The molecule has 0 spiro atoms. The summed E-state index contributed by atoms with van der Waals surface area (Å²) in [6.45, 7) is 6.26. The van der Waals surface area contributed by atoms with Crippen LogP contribution in [0.25, 0.3) is 0 Å². The van der Waals surface area contributed by atoms with E-state index in [1.54, 1.807) is 6.08 Å². The zero-order valence-corrected chi connectivity index (χ0v) is 11.2. The molecule has 3 heteroatoms. The lowest BCUT2D eigenvalue weighted by Gasteiger charge is -2.14. The van der Waals surface area contributed by atoms with Gasteiger partial charge in [-0.05, 0) is 36.6 Å². The van der Waals surface area contributed by atoms with Crippen LogP contribution in [0.3, 0.4) is 0 Å². The van der Waals surface area contributed by atoms with Gasteiger partial charge in [0.1, 0.15) is 12.4 Å². The molecular formula is C13H18BrNO. The number of hydrogen-bond acceptors (Lipinski definition) is 2. The molecule has 1 aromatic rings. The average Bonchev–Trinajstić information content (AvgIpc) is 2.28. The smallest absolute Gasteiger partial charge is 0.123 e. The number of halogens is 1. The van der Waals surface area contributed by atoms with Crippen LogP contribution in [0, 0.1) is 0 Å². The van der Waals surface area contributed by atoms with Gasteiger partial charge in [-0.25, -0.2) is 0 Å². The molecule has 2 nitrogen and oxygen atoms in total. The van der Waals surface area contributed by atoms with Crippen LogP contribution in [0.15, 0.2) is 35.3 Å². The molecule has 0 aliphatic carbocycles. The van der Waals surface area contributed by atoms with Crippen molar-refractivity contribution in [2.24, 2.45) is 5.73 Å². The highest BCUT2D eigenvalue weighted by atomic mass is 79.9. The summed E-state index contributed by atoms with van der Waals surface area (Å²) in [6, 6.07) is 6.18. The monoisotopic (exact) mass is 283 g/mol. The van der Waals surface area contributed by atoms with Crippen LogP contribution in [0.4, 0.5) is 0 Å². The molecule has 1 aromatic carbocycles. The minimum atomic E-state index is 0.181. The minimum Gasteiger partial charge on any atom is -0.489 e. The first-order chi connectivity index (χ1) is 7.67. The third kappa shape index (κ3) is 3.99. The Kier molecular flexibility index (Phi) is 5.56. The number of hydrogen-bond donors (Lipinski definition) is 1. The number of benzene rings is 1. The molecular weight excluding hydrogens is 266 g/mol. The van der Waals surface area contributed by atoms with Gasteiger partial charge in [0.05, 0.1) is 0 Å². The summed E-state index contributed by atoms with van der Waals surface area (Å²) in [5.74, 6) is 0.895. The van der Waals surface area contributed by atoms with Gasteiger partial charge in [0, 0.05) is 10.5 Å². The van der Waals surface area contributed by atoms with Gasteiger partial charge in [0.2, 0.25) is 0 Å². The average molecular weight is 284 g/mol. The van der Waals surface area contributed by atoms with Crippen molar-refractivity contribution < 1.29 is 4.74 Å². The number of ether oxygens (including phenoxy) is 1. The fourth-order valence-electron chi connectivity index (χ4n) is 1.42. The lowest BCUT2D eigenvalue weighted by molar-refractivity contribution is 0.357. The van der Waals surface area contributed by atoms with Crippen LogP contribution in [0.5, 0.6) is 5.75 Å². The number of rotatable bonds is 6. The third-order valence-electron chi connectivity index (χ3n) is 2.39. The predicted molar refractivity (Wildman–Crippen MR) is 71.8 cm³/mol. The molecule has 88 valence electrons. The van der Waals surface area contributed by atoms with Gasteiger partial charge in [0.15, 0.2) is 0 Å². The van der Waals surface area contributed by atoms with Crippen LogP contribution >= 0.6 is 15.9 Å². The molecule has 0 bridgehead atoms. The van der Waals surface area contributed by atoms with Gasteiger partial charge in [-0.1, -0.05) is 35.5 Å². The highest BCUT2D eigenvalue weighted by molar-refractivity contribution is 9.10. The van der Waals surface area contributed by atoms with Crippen LogP contribution in [-0.2, 0) is 6.42 Å². The normalized spacial score (nSPS) is 12.2. The molecule has 1 rings (SSSR count). The summed E-state index contributed by atoms with van der Waals surface area (Å²) in [5.41, 5.74) is 7.11. The van der Waals surface area contributed by atoms with Crippen molar-refractivity contribution in [3.05, 3.63) is 40.9 Å². The summed E-state index contributed by atoms with van der Waals surface area (Å²) in [5, 5.41) is 0. The summed E-state index contributed by atoms with van der Waals surface area (Å²) >= 11 is 3.46. The second-order valence-corrected chi connectivity index (χ2v) is 4.64. The molecule has 0 radical (unpaired) electrons. The second kappa shape index (κ2) is 6.71. The van der Waals surface area contributed by atoms with E-state index in [2.05, 4.69) is 35.5 Å². The Morgan fingerprint density at radius 3 is 2.94 bits per heavy atom. The second-order valence-electron chi connectivity index (χ2n) is 3.72. The molecule has 0 fully saturated rings. The van der Waals surface area contributed by atoms with Gasteiger partial charge in [-0.15, -0.1) is 0 Å². The topological polar surface area (TPSA) is 35.2 Å². The van der Waals surface area contributed by atoms with E-state index in [1.165, 1.54) is 0 Å². The zero-order chi connectivity index (χ0) is 12.0. The van der Waals surface area contributed by atoms with E-state index in [0.29, 0.717) is 6.61 Å². The Morgan fingerprint density at radius 1 is 1.56 bits per heavy atom. The van der Waals surface area contributed by atoms with Crippen LogP contribution in [-0.4, -0.2) is 12.6 Å². The van der Waals surface area contributed by atoms with E-state index >= 15 is 0 Å². The Hall–Kier alpha value is -0.800. The molecule has 1 atom stereocenters. The van der Waals surface area contributed by atoms with Crippen molar-refractivity contribution in [3.8, 4) is 5.75 Å². The SMILES string of the molecule is C=CCOc1ccc(Br)cc1CC(N)CC. The van der Waals surface area contributed by atoms with E-state index in [1.807, 2.05) is 12.1 Å². The third-order valence-corrected chi connectivity index (χ3v) is 2.88. The molecule has 0 heterocycles. The molecule has 0 saturated carbocycles. The van der Waals surface area contributed by atoms with Crippen LogP contribution < -0.4 is 10.5 Å². The van der Waals surface area contributed by atoms with E-state index in [9.17, 15) is 0 Å². The quantitative estimate of drug-likeness (QED) is 0.813. The Labute approximate surface area is 106 Å². The molecule has 0 saturated heterocycles. The zero-order valence-electron chi connectivity index (χ0n) is 9.58. The maximum atomic E-state index is 5.96.